The van der Waals surface area contributed by atoms with E-state index >= 15 is 0 Å². The van der Waals surface area contributed by atoms with Gasteiger partial charge in [-0.05, 0) is 41.8 Å². The first-order valence-corrected chi connectivity index (χ1v) is 11.9. The van der Waals surface area contributed by atoms with Gasteiger partial charge < -0.3 is 19.9 Å². The molecule has 0 bridgehead atoms. The second-order valence-corrected chi connectivity index (χ2v) is 8.46. The van der Waals surface area contributed by atoms with Crippen LogP contribution in [0.3, 0.4) is 0 Å². The van der Waals surface area contributed by atoms with Crippen LogP contribution in [0.4, 0.5) is 0 Å². The van der Waals surface area contributed by atoms with E-state index in [1.54, 1.807) is 31.6 Å². The van der Waals surface area contributed by atoms with E-state index in [1.165, 1.54) is 12.0 Å². The van der Waals surface area contributed by atoms with E-state index in [1.807, 2.05) is 54.7 Å². The van der Waals surface area contributed by atoms with E-state index in [0.29, 0.717) is 25.0 Å². The molecular weight excluding hydrogens is 456 g/mol. The highest BCUT2D eigenvalue weighted by Crippen LogP contribution is 2.22. The average Bonchev–Trinajstić information content (AvgIpc) is 3.32. The van der Waals surface area contributed by atoms with Gasteiger partial charge in [0.2, 0.25) is 5.91 Å². The first-order chi connectivity index (χ1) is 17.5. The van der Waals surface area contributed by atoms with Crippen molar-refractivity contribution >= 4 is 22.7 Å². The van der Waals surface area contributed by atoms with E-state index in [0.717, 1.165) is 27.8 Å². The Morgan fingerprint density at radius 3 is 2.64 bits per heavy atom. The smallest absolute Gasteiger partial charge is 0.252 e. The van der Waals surface area contributed by atoms with Gasteiger partial charge in [-0.2, -0.15) is 5.06 Å². The molecule has 2 N–H and O–H groups in total. The topological polar surface area (TPSA) is 96.6 Å². The van der Waals surface area contributed by atoms with Gasteiger partial charge >= 0.3 is 0 Å². The molecule has 0 spiro atoms. The number of pyridine rings is 1. The number of nitrogens with one attached hydrogen (secondary N) is 2. The number of H-pyrrole nitrogens is 1. The Kier molecular flexibility index (Phi) is 8.18. The van der Waals surface area contributed by atoms with Gasteiger partial charge in [-0.1, -0.05) is 36.4 Å². The number of carbonyl (C=O) groups is 2. The van der Waals surface area contributed by atoms with Gasteiger partial charge in [0.15, 0.2) is 5.75 Å². The first kappa shape index (κ1) is 24.8. The molecular formula is C28H30N4O4. The molecule has 2 aromatic heterocycles. The predicted molar refractivity (Wildman–Crippen MR) is 138 cm³/mol. The third-order valence-electron chi connectivity index (χ3n) is 5.96. The molecule has 0 fully saturated rings. The van der Waals surface area contributed by atoms with Crippen LogP contribution in [0.1, 0.15) is 24.5 Å². The SMILES string of the molecule is COc1ccccc1CCC(=O)NCC(Cc1c[nH]c2ccccc12)N(Oc1cccnc1)C(C)=O. The molecule has 0 radical (unpaired) electrons. The molecule has 0 aliphatic rings. The highest BCUT2D eigenvalue weighted by molar-refractivity contribution is 5.83. The summed E-state index contributed by atoms with van der Waals surface area (Å²) < 4.78 is 5.38. The fourth-order valence-corrected chi connectivity index (χ4v) is 4.18. The number of carbonyl (C=O) groups excluding carboxylic acids is 2. The Bertz CT molecular complexity index is 1310. The van der Waals surface area contributed by atoms with Gasteiger partial charge in [-0.15, -0.1) is 0 Å². The maximum Gasteiger partial charge on any atom is 0.252 e. The maximum atomic E-state index is 12.8. The van der Waals surface area contributed by atoms with Crippen LogP contribution in [0.15, 0.2) is 79.3 Å². The zero-order chi connectivity index (χ0) is 25.3. The Balaban J connectivity index is 1.49. The van der Waals surface area contributed by atoms with E-state index in [4.69, 9.17) is 9.57 Å². The molecule has 0 aliphatic heterocycles. The Labute approximate surface area is 210 Å². The van der Waals surface area contributed by atoms with Crippen LogP contribution in [0.25, 0.3) is 10.9 Å². The quantitative estimate of drug-likeness (QED) is 0.312. The van der Waals surface area contributed by atoms with Gasteiger partial charge in [0.25, 0.3) is 5.91 Å². The molecule has 36 heavy (non-hydrogen) atoms. The summed E-state index contributed by atoms with van der Waals surface area (Å²) in [5, 5.41) is 5.38. The minimum Gasteiger partial charge on any atom is -0.496 e. The molecule has 8 nitrogen and oxygen atoms in total. The molecule has 1 unspecified atom stereocenters. The highest BCUT2D eigenvalue weighted by Gasteiger charge is 2.26. The lowest BCUT2D eigenvalue weighted by atomic mass is 10.0. The number of hydrogen-bond acceptors (Lipinski definition) is 5. The zero-order valence-electron chi connectivity index (χ0n) is 20.4. The fraction of sp³-hybridized carbons (Fsp3) is 0.250. The maximum absolute atomic E-state index is 12.8. The van der Waals surface area contributed by atoms with Crippen LogP contribution in [0.2, 0.25) is 0 Å². The number of aromatic nitrogens is 2. The lowest BCUT2D eigenvalue weighted by Crippen LogP contribution is -2.49. The zero-order valence-corrected chi connectivity index (χ0v) is 20.4. The second-order valence-electron chi connectivity index (χ2n) is 8.46. The number of hydrogen-bond donors (Lipinski definition) is 2. The van der Waals surface area contributed by atoms with Crippen molar-refractivity contribution in [3.63, 3.8) is 0 Å². The summed E-state index contributed by atoms with van der Waals surface area (Å²) in [6, 6.07) is 18.7. The number of fused-ring (bicyclic) bond motifs is 1. The molecule has 2 aromatic carbocycles. The molecule has 4 aromatic rings. The second kappa shape index (κ2) is 11.9. The van der Waals surface area contributed by atoms with Gasteiger partial charge in [0.1, 0.15) is 5.75 Å². The van der Waals surface area contributed by atoms with Gasteiger partial charge in [-0.3, -0.25) is 14.6 Å². The molecule has 0 saturated heterocycles. The van der Waals surface area contributed by atoms with Crippen molar-refractivity contribution < 1.29 is 19.2 Å². The largest absolute Gasteiger partial charge is 0.496 e. The summed E-state index contributed by atoms with van der Waals surface area (Å²) >= 11 is 0. The molecule has 2 amide bonds. The van der Waals surface area contributed by atoms with Crippen LogP contribution in [0.5, 0.6) is 11.5 Å². The molecule has 1 atom stereocenters. The Morgan fingerprint density at radius 1 is 1.06 bits per heavy atom. The number of hydroxylamine groups is 2. The van der Waals surface area contributed by atoms with Crippen molar-refractivity contribution in [1.29, 1.82) is 0 Å². The minimum atomic E-state index is -0.447. The molecule has 2 heterocycles. The summed E-state index contributed by atoms with van der Waals surface area (Å²) in [5.41, 5.74) is 3.00. The number of nitrogens with zero attached hydrogens (tertiary/aromatic N) is 2. The number of rotatable bonds is 11. The van der Waals surface area contributed by atoms with Crippen LogP contribution < -0.4 is 14.9 Å². The lowest BCUT2D eigenvalue weighted by molar-refractivity contribution is -0.163. The summed E-state index contributed by atoms with van der Waals surface area (Å²) in [7, 11) is 1.62. The molecule has 0 saturated carbocycles. The minimum absolute atomic E-state index is 0.116. The standard InChI is InChI=1S/C28H30N4O4/c1-20(33)32(36-24-9-7-15-29-19-24)23(16-22-17-30-26-11-5-4-10-25(22)26)18-31-28(34)14-13-21-8-3-6-12-27(21)35-2/h3-12,15,17,19,23,30H,13-14,16,18H2,1-2H3,(H,31,34). The number of ether oxygens (including phenoxy) is 1. The Morgan fingerprint density at radius 2 is 1.86 bits per heavy atom. The van der Waals surface area contributed by atoms with E-state index in [-0.39, 0.29) is 18.4 Å². The van der Waals surface area contributed by atoms with Crippen LogP contribution in [-0.2, 0) is 22.4 Å². The van der Waals surface area contributed by atoms with Gasteiger partial charge in [0.05, 0.1) is 19.3 Å². The molecule has 8 heteroatoms. The van der Waals surface area contributed by atoms with Crippen molar-refractivity contribution in [3.05, 3.63) is 90.4 Å². The van der Waals surface area contributed by atoms with E-state index < -0.39 is 6.04 Å². The third kappa shape index (κ3) is 6.21. The van der Waals surface area contributed by atoms with Crippen LogP contribution in [0, 0.1) is 0 Å². The summed E-state index contributed by atoms with van der Waals surface area (Å²) in [5.74, 6) is 0.816. The van der Waals surface area contributed by atoms with E-state index in [9.17, 15) is 9.59 Å². The highest BCUT2D eigenvalue weighted by atomic mass is 16.7. The normalized spacial score (nSPS) is 11.6. The number of aromatic amines is 1. The molecule has 186 valence electrons. The van der Waals surface area contributed by atoms with Gasteiger partial charge in [0, 0.05) is 49.6 Å². The fourth-order valence-electron chi connectivity index (χ4n) is 4.18. The summed E-state index contributed by atoms with van der Waals surface area (Å²) in [4.78, 5) is 38.7. The molecule has 0 aliphatic carbocycles. The van der Waals surface area contributed by atoms with Crippen molar-refractivity contribution in [1.82, 2.24) is 20.3 Å². The summed E-state index contributed by atoms with van der Waals surface area (Å²) in [6.07, 6.45) is 6.44. The monoisotopic (exact) mass is 486 g/mol. The number of methoxy groups -OCH3 is 1. The van der Waals surface area contributed by atoms with Crippen molar-refractivity contribution in [2.45, 2.75) is 32.2 Å². The van der Waals surface area contributed by atoms with Crippen molar-refractivity contribution in [2.24, 2.45) is 0 Å². The van der Waals surface area contributed by atoms with Crippen LogP contribution >= 0.6 is 0 Å². The van der Waals surface area contributed by atoms with Crippen molar-refractivity contribution in [2.75, 3.05) is 13.7 Å². The van der Waals surface area contributed by atoms with Gasteiger partial charge in [-0.25, -0.2) is 0 Å². The van der Waals surface area contributed by atoms with Crippen molar-refractivity contribution in [3.8, 4) is 11.5 Å². The summed E-state index contributed by atoms with van der Waals surface area (Å²) in [6.45, 7) is 1.67. The number of amides is 2. The first-order valence-electron chi connectivity index (χ1n) is 11.9. The lowest BCUT2D eigenvalue weighted by Gasteiger charge is -2.30. The average molecular weight is 487 g/mol. The number of benzene rings is 2. The van der Waals surface area contributed by atoms with Crippen LogP contribution in [-0.4, -0.2) is 46.5 Å². The number of para-hydroxylation sites is 2. The predicted octanol–water partition coefficient (Wildman–Crippen LogP) is 4.07. The third-order valence-corrected chi connectivity index (χ3v) is 5.96. The van der Waals surface area contributed by atoms with E-state index in [2.05, 4.69) is 15.3 Å². The number of aryl methyl sites for hydroxylation is 1. The molecule has 4 rings (SSSR count). The Hall–Kier alpha value is -4.33.